The predicted molar refractivity (Wildman–Crippen MR) is 90.0 cm³/mol. The second-order valence-electron chi connectivity index (χ2n) is 5.56. The fraction of sp³-hybridized carbons (Fsp3) is 0.118. The van der Waals surface area contributed by atoms with E-state index in [-0.39, 0.29) is 5.75 Å². The van der Waals surface area contributed by atoms with Gasteiger partial charge in [-0.1, -0.05) is 12.1 Å². The van der Waals surface area contributed by atoms with Gasteiger partial charge in [0.1, 0.15) is 4.88 Å². The third-order valence-electron chi connectivity index (χ3n) is 4.10. The highest BCUT2D eigenvalue weighted by molar-refractivity contribution is 7.91. The quantitative estimate of drug-likeness (QED) is 0.771. The number of carboxylic acids is 1. The molecule has 0 aliphatic carbocycles. The van der Waals surface area contributed by atoms with Crippen molar-refractivity contribution < 1.29 is 18.3 Å². The zero-order valence-corrected chi connectivity index (χ0v) is 13.6. The number of carboxylic acid groups (broad SMARTS) is 1. The second-order valence-corrected chi connectivity index (χ2v) is 8.72. The number of carbonyl (C=O) groups is 1. The summed E-state index contributed by atoms with van der Waals surface area (Å²) in [4.78, 5) is 11.8. The van der Waals surface area contributed by atoms with Crippen molar-refractivity contribution >= 4 is 37.2 Å². The van der Waals surface area contributed by atoms with Crippen LogP contribution < -0.4 is 0 Å². The van der Waals surface area contributed by atoms with Gasteiger partial charge in [-0.25, -0.2) is 13.2 Å². The predicted octanol–water partition coefficient (Wildman–Crippen LogP) is 3.60. The lowest BCUT2D eigenvalue weighted by molar-refractivity contribution is 0.0702. The molecule has 0 amide bonds. The Hall–Kier alpha value is -2.18. The van der Waals surface area contributed by atoms with Crippen LogP contribution in [0, 0.1) is 0 Å². The smallest absolute Gasteiger partial charge is 0.345 e. The maximum absolute atomic E-state index is 11.9. The number of sulfone groups is 1. The van der Waals surface area contributed by atoms with Gasteiger partial charge < -0.3 is 5.11 Å². The summed E-state index contributed by atoms with van der Waals surface area (Å²) in [5.74, 6) is -0.743. The van der Waals surface area contributed by atoms with E-state index in [0.29, 0.717) is 16.2 Å². The SMILES string of the molecule is O=C(O)c1cc2cc(-c3ccc4c(c3)CCS4(=O)=O)ccc2s1. The van der Waals surface area contributed by atoms with Gasteiger partial charge >= 0.3 is 5.97 Å². The van der Waals surface area contributed by atoms with Gasteiger partial charge in [-0.2, -0.15) is 0 Å². The highest BCUT2D eigenvalue weighted by atomic mass is 32.2. The summed E-state index contributed by atoms with van der Waals surface area (Å²) in [5.41, 5.74) is 2.77. The van der Waals surface area contributed by atoms with Crippen molar-refractivity contribution in [3.8, 4) is 11.1 Å². The number of hydrogen-bond donors (Lipinski definition) is 1. The summed E-state index contributed by atoms with van der Waals surface area (Å²) in [6, 6.07) is 12.9. The van der Waals surface area contributed by atoms with E-state index in [4.69, 9.17) is 5.11 Å². The Morgan fingerprint density at radius 3 is 2.57 bits per heavy atom. The lowest BCUT2D eigenvalue weighted by Crippen LogP contribution is -1.98. The van der Waals surface area contributed by atoms with E-state index in [1.807, 2.05) is 30.3 Å². The van der Waals surface area contributed by atoms with Crippen LogP contribution in [0.4, 0.5) is 0 Å². The molecule has 116 valence electrons. The van der Waals surface area contributed by atoms with Gasteiger partial charge in [-0.15, -0.1) is 11.3 Å². The van der Waals surface area contributed by atoms with Crippen molar-refractivity contribution in [2.75, 3.05) is 5.75 Å². The van der Waals surface area contributed by atoms with Crippen molar-refractivity contribution in [1.82, 2.24) is 0 Å². The van der Waals surface area contributed by atoms with Crippen molar-refractivity contribution in [3.05, 3.63) is 52.9 Å². The highest BCUT2D eigenvalue weighted by Crippen LogP contribution is 2.33. The number of thiophene rings is 1. The van der Waals surface area contributed by atoms with E-state index >= 15 is 0 Å². The number of fused-ring (bicyclic) bond motifs is 2. The lowest BCUT2D eigenvalue weighted by atomic mass is 10.0. The van der Waals surface area contributed by atoms with Crippen molar-refractivity contribution in [2.45, 2.75) is 11.3 Å². The molecule has 0 unspecified atom stereocenters. The second kappa shape index (κ2) is 4.91. The normalized spacial score (nSPS) is 15.7. The van der Waals surface area contributed by atoms with Crippen LogP contribution in [0.5, 0.6) is 0 Å². The topological polar surface area (TPSA) is 71.4 Å². The molecule has 1 N–H and O–H groups in total. The van der Waals surface area contributed by atoms with Crippen molar-refractivity contribution in [3.63, 3.8) is 0 Å². The summed E-state index contributed by atoms with van der Waals surface area (Å²) in [5, 5.41) is 9.97. The maximum Gasteiger partial charge on any atom is 0.345 e. The van der Waals surface area contributed by atoms with Crippen molar-refractivity contribution in [2.24, 2.45) is 0 Å². The average molecular weight is 344 g/mol. The van der Waals surface area contributed by atoms with Crippen LogP contribution in [0.2, 0.25) is 0 Å². The Morgan fingerprint density at radius 2 is 1.78 bits per heavy atom. The molecule has 2 heterocycles. The molecule has 1 aliphatic heterocycles. The number of benzene rings is 2. The Labute approximate surface area is 136 Å². The first-order valence-corrected chi connectivity index (χ1v) is 9.54. The van der Waals surface area contributed by atoms with Crippen LogP contribution in [0.15, 0.2) is 47.4 Å². The molecule has 6 heteroatoms. The Bertz CT molecular complexity index is 1060. The minimum Gasteiger partial charge on any atom is -0.477 e. The van der Waals surface area contributed by atoms with E-state index in [2.05, 4.69) is 0 Å². The fourth-order valence-corrected chi connectivity index (χ4v) is 5.37. The zero-order valence-electron chi connectivity index (χ0n) is 11.9. The van der Waals surface area contributed by atoms with Gasteiger partial charge in [0.25, 0.3) is 0 Å². The largest absolute Gasteiger partial charge is 0.477 e. The van der Waals surface area contributed by atoms with Gasteiger partial charge in [0.2, 0.25) is 0 Å². The standard InChI is InChI=1S/C17H12O4S2/c18-17(19)15-9-13-8-10(1-3-14(13)22-15)11-2-4-16-12(7-11)5-6-23(16,20)21/h1-4,7-9H,5-6H2,(H,18,19). The van der Waals surface area contributed by atoms with Crippen LogP contribution in [0.1, 0.15) is 15.2 Å². The molecular formula is C17H12O4S2. The third-order valence-corrected chi connectivity index (χ3v) is 7.01. The molecule has 4 nitrogen and oxygen atoms in total. The highest BCUT2D eigenvalue weighted by Gasteiger charge is 2.26. The molecule has 2 aromatic carbocycles. The number of hydrogen-bond acceptors (Lipinski definition) is 4. The van der Waals surface area contributed by atoms with E-state index in [0.717, 1.165) is 26.8 Å². The lowest BCUT2D eigenvalue weighted by Gasteiger charge is -2.05. The molecule has 0 fully saturated rings. The fourth-order valence-electron chi connectivity index (χ4n) is 2.94. The molecule has 4 rings (SSSR count). The van der Waals surface area contributed by atoms with E-state index in [1.165, 1.54) is 11.3 Å². The summed E-state index contributed by atoms with van der Waals surface area (Å²) < 4.78 is 24.7. The van der Waals surface area contributed by atoms with Gasteiger partial charge in [-0.3, -0.25) is 0 Å². The molecule has 0 atom stereocenters. The Balaban J connectivity index is 1.82. The van der Waals surface area contributed by atoms with Crippen LogP contribution in [-0.2, 0) is 16.3 Å². The molecule has 23 heavy (non-hydrogen) atoms. The van der Waals surface area contributed by atoms with E-state index in [9.17, 15) is 13.2 Å². The molecular weight excluding hydrogens is 332 g/mol. The number of rotatable bonds is 2. The van der Waals surface area contributed by atoms with Gasteiger partial charge in [0.15, 0.2) is 9.84 Å². The molecule has 0 radical (unpaired) electrons. The molecule has 0 spiro atoms. The minimum atomic E-state index is -3.11. The first kappa shape index (κ1) is 14.4. The molecule has 1 aliphatic rings. The molecule has 1 aromatic heterocycles. The van der Waals surface area contributed by atoms with Crippen LogP contribution >= 0.6 is 11.3 Å². The third kappa shape index (κ3) is 2.34. The monoisotopic (exact) mass is 344 g/mol. The van der Waals surface area contributed by atoms with Crippen LogP contribution in [-0.4, -0.2) is 25.2 Å². The summed E-state index contributed by atoms with van der Waals surface area (Å²) in [6.45, 7) is 0. The minimum absolute atomic E-state index is 0.178. The van der Waals surface area contributed by atoms with Gasteiger partial charge in [-0.05, 0) is 58.8 Å². The van der Waals surface area contributed by atoms with E-state index in [1.54, 1.807) is 12.1 Å². The van der Waals surface area contributed by atoms with Crippen molar-refractivity contribution in [1.29, 1.82) is 0 Å². The van der Waals surface area contributed by atoms with Gasteiger partial charge in [0.05, 0.1) is 10.6 Å². The average Bonchev–Trinajstić information content (AvgIpc) is 3.08. The molecule has 0 saturated heterocycles. The van der Waals surface area contributed by atoms with Crippen LogP contribution in [0.3, 0.4) is 0 Å². The number of aryl methyl sites for hydroxylation is 1. The molecule has 3 aromatic rings. The zero-order chi connectivity index (χ0) is 16.2. The van der Waals surface area contributed by atoms with E-state index < -0.39 is 15.8 Å². The Kier molecular flexibility index (Phi) is 3.08. The summed E-state index contributed by atoms with van der Waals surface area (Å²) in [6.07, 6.45) is 0.551. The molecule has 0 saturated carbocycles. The van der Waals surface area contributed by atoms with Gasteiger partial charge in [0, 0.05) is 4.70 Å². The first-order chi connectivity index (χ1) is 10.9. The first-order valence-electron chi connectivity index (χ1n) is 7.07. The maximum atomic E-state index is 11.9. The Morgan fingerprint density at radius 1 is 1.04 bits per heavy atom. The summed E-state index contributed by atoms with van der Waals surface area (Å²) >= 11 is 1.25. The summed E-state index contributed by atoms with van der Waals surface area (Å²) in [7, 11) is -3.11. The number of aromatic carboxylic acids is 1. The van der Waals surface area contributed by atoms with Crippen LogP contribution in [0.25, 0.3) is 21.2 Å². The molecule has 0 bridgehead atoms.